The van der Waals surface area contributed by atoms with Crippen molar-refractivity contribution in [3.63, 3.8) is 0 Å². The standard InChI is InChI=1S/C42H34O4/c1-27(2)40(43)45-36-25-21-31-15-9-11-17-34(31)38(36)42(5,33-23-19-30(20-24-33)29-13-7-6-8-14-29)39-35-18-12-10-16-32(35)22-26-37(39)46-41(44)28(3)4/h6-26H,1,3H2,2,4-5H3. The maximum Gasteiger partial charge on any atom is 0.338 e. The average molecular weight is 603 g/mol. The zero-order valence-electron chi connectivity index (χ0n) is 26.2. The van der Waals surface area contributed by atoms with Crippen LogP contribution in [0.5, 0.6) is 11.5 Å². The average Bonchev–Trinajstić information content (AvgIpc) is 3.08. The lowest BCUT2D eigenvalue weighted by Crippen LogP contribution is -2.29. The summed E-state index contributed by atoms with van der Waals surface area (Å²) in [6.07, 6.45) is 0. The Morgan fingerprint density at radius 2 is 0.935 bits per heavy atom. The molecule has 0 aliphatic carbocycles. The molecule has 46 heavy (non-hydrogen) atoms. The first-order chi connectivity index (χ1) is 22.2. The topological polar surface area (TPSA) is 52.6 Å². The van der Waals surface area contributed by atoms with Crippen LogP contribution in [0.1, 0.15) is 37.5 Å². The molecule has 226 valence electrons. The lowest BCUT2D eigenvalue weighted by molar-refractivity contribution is -0.130. The van der Waals surface area contributed by atoms with Gasteiger partial charge in [-0.05, 0) is 71.1 Å². The molecule has 0 heterocycles. The van der Waals surface area contributed by atoms with Crippen molar-refractivity contribution in [2.24, 2.45) is 0 Å². The van der Waals surface area contributed by atoms with Crippen molar-refractivity contribution in [2.45, 2.75) is 26.2 Å². The summed E-state index contributed by atoms with van der Waals surface area (Å²) in [6.45, 7) is 13.0. The van der Waals surface area contributed by atoms with Gasteiger partial charge in [-0.15, -0.1) is 0 Å². The summed E-state index contributed by atoms with van der Waals surface area (Å²) in [5, 5.41) is 3.74. The quantitative estimate of drug-likeness (QED) is 0.0753. The molecule has 0 aromatic heterocycles. The second-order valence-electron chi connectivity index (χ2n) is 11.7. The van der Waals surface area contributed by atoms with Crippen molar-refractivity contribution in [3.8, 4) is 22.6 Å². The number of ether oxygens (including phenoxy) is 2. The third kappa shape index (κ3) is 5.50. The molecule has 6 rings (SSSR count). The second kappa shape index (κ2) is 12.3. The van der Waals surface area contributed by atoms with E-state index in [0.29, 0.717) is 11.5 Å². The molecule has 0 atom stereocenters. The SMILES string of the molecule is C=C(C)C(=O)Oc1ccc2ccccc2c1C(C)(c1ccc(-c2ccccc2)cc1)c1c(OC(=O)C(=C)C)ccc2ccccc12. The van der Waals surface area contributed by atoms with Crippen LogP contribution < -0.4 is 9.47 Å². The van der Waals surface area contributed by atoms with Gasteiger partial charge in [-0.1, -0.05) is 128 Å². The van der Waals surface area contributed by atoms with Crippen molar-refractivity contribution in [2.75, 3.05) is 0 Å². The van der Waals surface area contributed by atoms with E-state index in [-0.39, 0.29) is 11.1 Å². The van der Waals surface area contributed by atoms with E-state index < -0.39 is 17.4 Å². The first kappa shape index (κ1) is 30.3. The summed E-state index contributed by atoms with van der Waals surface area (Å²) in [6, 6.07) is 42.2. The second-order valence-corrected chi connectivity index (χ2v) is 11.7. The van der Waals surface area contributed by atoms with E-state index in [9.17, 15) is 9.59 Å². The lowest BCUT2D eigenvalue weighted by atomic mass is 9.67. The highest BCUT2D eigenvalue weighted by molar-refractivity contribution is 5.98. The van der Waals surface area contributed by atoms with Gasteiger partial charge < -0.3 is 9.47 Å². The summed E-state index contributed by atoms with van der Waals surface area (Å²) in [4.78, 5) is 26.2. The zero-order valence-corrected chi connectivity index (χ0v) is 26.2. The molecule has 0 N–H and O–H groups in total. The predicted octanol–water partition coefficient (Wildman–Crippen LogP) is 9.98. The third-order valence-electron chi connectivity index (χ3n) is 8.45. The summed E-state index contributed by atoms with van der Waals surface area (Å²) in [5.74, 6) is -0.256. The Balaban J connectivity index is 1.74. The van der Waals surface area contributed by atoms with Crippen molar-refractivity contribution in [3.05, 3.63) is 168 Å². The van der Waals surface area contributed by atoms with Gasteiger partial charge in [-0.25, -0.2) is 9.59 Å². The molecular weight excluding hydrogens is 568 g/mol. The molecule has 0 unspecified atom stereocenters. The highest BCUT2D eigenvalue weighted by Crippen LogP contribution is 2.51. The van der Waals surface area contributed by atoms with Crippen molar-refractivity contribution >= 4 is 33.5 Å². The molecule has 0 fully saturated rings. The van der Waals surface area contributed by atoms with Gasteiger partial charge in [0.15, 0.2) is 0 Å². The molecule has 0 radical (unpaired) electrons. The third-order valence-corrected chi connectivity index (χ3v) is 8.45. The van der Waals surface area contributed by atoms with Crippen LogP contribution in [0.25, 0.3) is 32.7 Å². The number of fused-ring (bicyclic) bond motifs is 2. The predicted molar refractivity (Wildman–Crippen MR) is 186 cm³/mol. The highest BCUT2D eigenvalue weighted by atomic mass is 16.5. The fourth-order valence-electron chi connectivity index (χ4n) is 6.12. The molecular formula is C42H34O4. The van der Waals surface area contributed by atoms with E-state index in [4.69, 9.17) is 9.47 Å². The minimum absolute atomic E-state index is 0.286. The first-order valence-electron chi connectivity index (χ1n) is 15.1. The summed E-state index contributed by atoms with van der Waals surface area (Å²) in [7, 11) is 0. The Morgan fingerprint density at radius 3 is 1.39 bits per heavy atom. The van der Waals surface area contributed by atoms with Gasteiger partial charge in [-0.2, -0.15) is 0 Å². The van der Waals surface area contributed by atoms with Crippen LogP contribution in [-0.4, -0.2) is 11.9 Å². The summed E-state index contributed by atoms with van der Waals surface area (Å²) >= 11 is 0. The highest BCUT2D eigenvalue weighted by Gasteiger charge is 2.40. The van der Waals surface area contributed by atoms with Gasteiger partial charge in [0.1, 0.15) is 11.5 Å². The molecule has 0 spiro atoms. The van der Waals surface area contributed by atoms with Crippen LogP contribution in [0, 0.1) is 0 Å². The van der Waals surface area contributed by atoms with Crippen molar-refractivity contribution < 1.29 is 19.1 Å². The molecule has 4 heteroatoms. The molecule has 4 nitrogen and oxygen atoms in total. The van der Waals surface area contributed by atoms with Crippen molar-refractivity contribution in [1.29, 1.82) is 0 Å². The molecule has 0 saturated carbocycles. The smallest absolute Gasteiger partial charge is 0.338 e. The van der Waals surface area contributed by atoms with E-state index in [2.05, 4.69) is 56.5 Å². The lowest BCUT2D eigenvalue weighted by Gasteiger charge is -2.36. The minimum atomic E-state index is -1.01. The zero-order chi connectivity index (χ0) is 32.4. The van der Waals surface area contributed by atoms with E-state index in [0.717, 1.165) is 49.4 Å². The molecule has 0 bridgehead atoms. The van der Waals surface area contributed by atoms with Crippen LogP contribution in [0.4, 0.5) is 0 Å². The fraction of sp³-hybridized carbons (Fsp3) is 0.0952. The Morgan fingerprint density at radius 1 is 0.522 bits per heavy atom. The fourth-order valence-corrected chi connectivity index (χ4v) is 6.12. The number of carbonyl (C=O) groups is 2. The van der Waals surface area contributed by atoms with Gasteiger partial charge in [0.05, 0.1) is 5.41 Å². The summed E-state index contributed by atoms with van der Waals surface area (Å²) < 4.78 is 12.2. The number of rotatable bonds is 8. The Hall–Kier alpha value is -5.74. The van der Waals surface area contributed by atoms with Crippen molar-refractivity contribution in [1.82, 2.24) is 0 Å². The van der Waals surface area contributed by atoms with E-state index >= 15 is 0 Å². The maximum absolute atomic E-state index is 13.1. The largest absolute Gasteiger partial charge is 0.423 e. The first-order valence-corrected chi connectivity index (χ1v) is 15.1. The molecule has 6 aromatic carbocycles. The van der Waals surface area contributed by atoms with Crippen LogP contribution >= 0.6 is 0 Å². The normalized spacial score (nSPS) is 11.3. The molecule has 0 aliphatic rings. The minimum Gasteiger partial charge on any atom is -0.423 e. The van der Waals surface area contributed by atoms with E-state index in [1.165, 1.54) is 0 Å². The Bertz CT molecular complexity index is 2030. The van der Waals surface area contributed by atoms with Gasteiger partial charge >= 0.3 is 11.9 Å². The monoisotopic (exact) mass is 602 g/mol. The Kier molecular flexibility index (Phi) is 8.12. The van der Waals surface area contributed by atoms with Crippen LogP contribution in [0.3, 0.4) is 0 Å². The number of carbonyl (C=O) groups excluding carboxylic acids is 2. The molecule has 0 saturated heterocycles. The number of esters is 2. The molecule has 0 amide bonds. The number of hydrogen-bond acceptors (Lipinski definition) is 4. The van der Waals surface area contributed by atoms with Crippen LogP contribution in [-0.2, 0) is 15.0 Å². The maximum atomic E-state index is 13.1. The number of benzene rings is 6. The molecule has 0 aliphatic heterocycles. The van der Waals surface area contributed by atoms with Crippen LogP contribution in [0.15, 0.2) is 152 Å². The molecule has 6 aromatic rings. The van der Waals surface area contributed by atoms with E-state index in [1.807, 2.05) is 91.0 Å². The van der Waals surface area contributed by atoms with Gasteiger partial charge in [0.2, 0.25) is 0 Å². The van der Waals surface area contributed by atoms with Crippen LogP contribution in [0.2, 0.25) is 0 Å². The Labute approximate surface area is 269 Å². The van der Waals surface area contributed by atoms with Gasteiger partial charge in [0.25, 0.3) is 0 Å². The summed E-state index contributed by atoms with van der Waals surface area (Å²) in [5.41, 5.74) is 4.16. The number of hydrogen-bond donors (Lipinski definition) is 0. The van der Waals surface area contributed by atoms with Gasteiger partial charge in [-0.3, -0.25) is 0 Å². The van der Waals surface area contributed by atoms with E-state index in [1.54, 1.807) is 13.8 Å². The van der Waals surface area contributed by atoms with Gasteiger partial charge in [0, 0.05) is 22.3 Å².